The first-order valence-corrected chi connectivity index (χ1v) is 9.49. The van der Waals surface area contributed by atoms with Crippen molar-refractivity contribution in [2.24, 2.45) is 0 Å². The fraction of sp³-hybridized carbons (Fsp3) is 0.0556. The van der Waals surface area contributed by atoms with E-state index in [1.807, 2.05) is 19.1 Å². The molecule has 0 bridgehead atoms. The predicted octanol–water partition coefficient (Wildman–Crippen LogP) is 3.04. The number of halogens is 1. The van der Waals surface area contributed by atoms with Crippen molar-refractivity contribution in [3.05, 3.63) is 72.3 Å². The van der Waals surface area contributed by atoms with Crippen molar-refractivity contribution < 1.29 is 12.8 Å². The minimum absolute atomic E-state index is 0.0109. The lowest BCUT2D eigenvalue weighted by Crippen LogP contribution is -2.12. The van der Waals surface area contributed by atoms with Gasteiger partial charge in [0.1, 0.15) is 5.82 Å². The van der Waals surface area contributed by atoms with E-state index in [0.717, 1.165) is 17.7 Å². The summed E-state index contributed by atoms with van der Waals surface area (Å²) in [7, 11) is -3.79. The number of nitrogens with zero attached hydrogens (tertiary/aromatic N) is 4. The van der Waals surface area contributed by atoms with E-state index in [2.05, 4.69) is 20.0 Å². The van der Waals surface area contributed by atoms with Crippen LogP contribution in [0.4, 0.5) is 10.1 Å². The van der Waals surface area contributed by atoms with Crippen molar-refractivity contribution in [1.82, 2.24) is 19.8 Å². The molecule has 0 aliphatic rings. The van der Waals surface area contributed by atoms with Crippen LogP contribution in [0.1, 0.15) is 5.82 Å². The van der Waals surface area contributed by atoms with Crippen LogP contribution < -0.4 is 4.72 Å². The van der Waals surface area contributed by atoms with Crippen molar-refractivity contribution in [2.75, 3.05) is 4.72 Å². The smallest absolute Gasteiger partial charge is 0.261 e. The molecule has 0 saturated heterocycles. The summed E-state index contributed by atoms with van der Waals surface area (Å²) in [5.41, 5.74) is 2.57. The third kappa shape index (κ3) is 3.36. The van der Waals surface area contributed by atoms with Gasteiger partial charge < -0.3 is 0 Å². The number of aryl methyl sites for hydroxylation is 1. The first kappa shape index (κ1) is 17.1. The highest BCUT2D eigenvalue weighted by molar-refractivity contribution is 7.92. The minimum Gasteiger partial charge on any atom is -0.280 e. The SMILES string of the molecule is Cc1nnc2ccc(-c3ccc(NS(=O)(=O)c4ccc(F)cc4)cc3)nn12. The highest BCUT2D eigenvalue weighted by Gasteiger charge is 2.14. The average Bonchev–Trinajstić information content (AvgIpc) is 3.03. The minimum atomic E-state index is -3.79. The Morgan fingerprint density at radius 2 is 1.63 bits per heavy atom. The number of nitrogens with one attached hydrogen (secondary N) is 1. The van der Waals surface area contributed by atoms with E-state index in [1.165, 1.54) is 12.1 Å². The molecule has 0 aliphatic carbocycles. The molecular weight excluding hydrogens is 369 g/mol. The molecule has 0 fully saturated rings. The van der Waals surface area contributed by atoms with Gasteiger partial charge in [0, 0.05) is 11.3 Å². The van der Waals surface area contributed by atoms with Crippen LogP contribution in [0, 0.1) is 12.7 Å². The monoisotopic (exact) mass is 383 g/mol. The van der Waals surface area contributed by atoms with Gasteiger partial charge in [0.05, 0.1) is 10.6 Å². The first-order valence-electron chi connectivity index (χ1n) is 8.00. The fourth-order valence-electron chi connectivity index (χ4n) is 2.59. The van der Waals surface area contributed by atoms with Crippen LogP contribution >= 0.6 is 0 Å². The van der Waals surface area contributed by atoms with E-state index in [1.54, 1.807) is 28.8 Å². The lowest BCUT2D eigenvalue weighted by atomic mass is 10.1. The molecule has 0 aliphatic heterocycles. The topological polar surface area (TPSA) is 89.2 Å². The molecule has 2 heterocycles. The van der Waals surface area contributed by atoms with Crippen LogP contribution in [0.2, 0.25) is 0 Å². The maximum absolute atomic E-state index is 13.0. The van der Waals surface area contributed by atoms with Gasteiger partial charge in [0.2, 0.25) is 0 Å². The van der Waals surface area contributed by atoms with Crippen LogP contribution in [-0.2, 0) is 10.0 Å². The number of rotatable bonds is 4. The van der Waals surface area contributed by atoms with Crippen LogP contribution in [0.5, 0.6) is 0 Å². The molecule has 0 unspecified atom stereocenters. The second kappa shape index (κ2) is 6.44. The lowest BCUT2D eigenvalue weighted by Gasteiger charge is -2.09. The Balaban J connectivity index is 1.59. The van der Waals surface area contributed by atoms with E-state index < -0.39 is 15.8 Å². The van der Waals surface area contributed by atoms with Gasteiger partial charge >= 0.3 is 0 Å². The molecule has 136 valence electrons. The molecule has 0 amide bonds. The first-order chi connectivity index (χ1) is 12.9. The summed E-state index contributed by atoms with van der Waals surface area (Å²) < 4.78 is 41.8. The number of anilines is 1. The molecule has 4 aromatic rings. The van der Waals surface area contributed by atoms with Gasteiger partial charge in [-0.1, -0.05) is 12.1 Å². The molecule has 1 N–H and O–H groups in total. The molecular formula is C18H14FN5O2S. The van der Waals surface area contributed by atoms with E-state index in [-0.39, 0.29) is 4.90 Å². The summed E-state index contributed by atoms with van der Waals surface area (Å²) in [5.74, 6) is 0.182. The molecule has 0 spiro atoms. The highest BCUT2D eigenvalue weighted by atomic mass is 32.2. The van der Waals surface area contributed by atoms with E-state index >= 15 is 0 Å². The largest absolute Gasteiger partial charge is 0.280 e. The molecule has 27 heavy (non-hydrogen) atoms. The van der Waals surface area contributed by atoms with Crippen molar-refractivity contribution in [3.8, 4) is 11.3 Å². The van der Waals surface area contributed by atoms with Gasteiger partial charge in [-0.2, -0.15) is 9.61 Å². The molecule has 0 radical (unpaired) electrons. The number of fused-ring (bicyclic) bond motifs is 1. The van der Waals surface area contributed by atoms with Crippen LogP contribution in [0.3, 0.4) is 0 Å². The highest BCUT2D eigenvalue weighted by Crippen LogP contribution is 2.22. The maximum Gasteiger partial charge on any atom is 0.261 e. The molecule has 4 rings (SSSR count). The Bertz CT molecular complexity index is 1220. The summed E-state index contributed by atoms with van der Waals surface area (Å²) in [6.45, 7) is 1.81. The molecule has 9 heteroatoms. The molecule has 2 aromatic heterocycles. The average molecular weight is 383 g/mol. The van der Waals surface area contributed by atoms with Gasteiger partial charge in [-0.25, -0.2) is 12.8 Å². The Labute approximate surface area is 154 Å². The Kier molecular flexibility index (Phi) is 4.08. The van der Waals surface area contributed by atoms with Crippen molar-refractivity contribution in [3.63, 3.8) is 0 Å². The van der Waals surface area contributed by atoms with Gasteiger partial charge in [0.15, 0.2) is 11.5 Å². The third-order valence-corrected chi connectivity index (χ3v) is 5.37. The number of hydrogen-bond acceptors (Lipinski definition) is 5. The maximum atomic E-state index is 13.0. The number of sulfonamides is 1. The fourth-order valence-corrected chi connectivity index (χ4v) is 3.65. The van der Waals surface area contributed by atoms with Crippen molar-refractivity contribution in [2.45, 2.75) is 11.8 Å². The summed E-state index contributed by atoms with van der Waals surface area (Å²) in [4.78, 5) is -0.0109. The van der Waals surface area contributed by atoms with Crippen LogP contribution in [0.25, 0.3) is 16.9 Å². The van der Waals surface area contributed by atoms with Crippen LogP contribution in [0.15, 0.2) is 65.6 Å². The van der Waals surface area contributed by atoms with E-state index in [0.29, 0.717) is 22.9 Å². The summed E-state index contributed by atoms with van der Waals surface area (Å²) in [5, 5.41) is 12.4. The molecule has 0 atom stereocenters. The predicted molar refractivity (Wildman–Crippen MR) is 98.2 cm³/mol. The number of aromatic nitrogens is 4. The standard InChI is InChI=1S/C18H14FN5O2S/c1-12-20-21-18-11-10-17(22-24(12)18)13-2-6-15(7-3-13)23-27(25,26)16-8-4-14(19)5-9-16/h2-11,23H,1H3. The molecule has 0 saturated carbocycles. The van der Waals surface area contributed by atoms with Gasteiger partial charge in [-0.15, -0.1) is 10.2 Å². The van der Waals surface area contributed by atoms with Crippen molar-refractivity contribution >= 4 is 21.4 Å². The zero-order chi connectivity index (χ0) is 19.0. The normalized spacial score (nSPS) is 11.6. The van der Waals surface area contributed by atoms with Gasteiger partial charge in [-0.3, -0.25) is 4.72 Å². The quantitative estimate of drug-likeness (QED) is 0.585. The second-order valence-electron chi connectivity index (χ2n) is 5.87. The third-order valence-electron chi connectivity index (χ3n) is 3.98. The van der Waals surface area contributed by atoms with Crippen LogP contribution in [-0.4, -0.2) is 28.2 Å². The zero-order valence-corrected chi connectivity index (χ0v) is 15.0. The van der Waals surface area contributed by atoms with E-state index in [9.17, 15) is 12.8 Å². The number of benzene rings is 2. The van der Waals surface area contributed by atoms with Gasteiger partial charge in [-0.05, 0) is 55.5 Å². The Morgan fingerprint density at radius 1 is 0.926 bits per heavy atom. The summed E-state index contributed by atoms with van der Waals surface area (Å²) >= 11 is 0. The van der Waals surface area contributed by atoms with Crippen molar-refractivity contribution in [1.29, 1.82) is 0 Å². The Hall–Kier alpha value is -3.33. The summed E-state index contributed by atoms with van der Waals surface area (Å²) in [6.07, 6.45) is 0. The molecule has 2 aromatic carbocycles. The Morgan fingerprint density at radius 3 is 2.33 bits per heavy atom. The molecule has 7 nitrogen and oxygen atoms in total. The second-order valence-corrected chi connectivity index (χ2v) is 7.55. The van der Waals surface area contributed by atoms with E-state index in [4.69, 9.17) is 0 Å². The number of hydrogen-bond donors (Lipinski definition) is 1. The van der Waals surface area contributed by atoms with Gasteiger partial charge in [0.25, 0.3) is 10.0 Å². The summed E-state index contributed by atoms with van der Waals surface area (Å²) in [6, 6.07) is 15.1. The zero-order valence-electron chi connectivity index (χ0n) is 14.2. The lowest BCUT2D eigenvalue weighted by molar-refractivity contribution is 0.599.